The minimum atomic E-state index is -1.07. The van der Waals surface area contributed by atoms with Crippen LogP contribution in [0.2, 0.25) is 0 Å². The number of piperazine rings is 1. The standard InChI is InChI=1S/C21H22F2N2O2/c1-14-7-8-17(20(23)19(14)22)21(26)24-9-10-25-16(11-24)12-27-13-18(25)15-5-3-2-4-6-15/h2-8,16,18H,9-13H2,1H3/t16-,18-/m1/s1. The Morgan fingerprint density at radius 3 is 2.59 bits per heavy atom. The molecular formula is C21H22F2N2O2. The number of amides is 1. The van der Waals surface area contributed by atoms with Gasteiger partial charge in [-0.3, -0.25) is 9.69 Å². The van der Waals surface area contributed by atoms with Crippen LogP contribution in [0.1, 0.15) is 27.5 Å². The molecule has 2 aromatic rings. The topological polar surface area (TPSA) is 32.8 Å². The molecule has 4 nitrogen and oxygen atoms in total. The van der Waals surface area contributed by atoms with E-state index < -0.39 is 17.5 Å². The van der Waals surface area contributed by atoms with E-state index in [2.05, 4.69) is 17.0 Å². The maximum Gasteiger partial charge on any atom is 0.257 e. The molecule has 0 N–H and O–H groups in total. The average Bonchev–Trinajstić information content (AvgIpc) is 2.71. The summed E-state index contributed by atoms with van der Waals surface area (Å²) >= 11 is 0. The van der Waals surface area contributed by atoms with E-state index >= 15 is 0 Å². The summed E-state index contributed by atoms with van der Waals surface area (Å²) in [6.07, 6.45) is 0. The average molecular weight is 372 g/mol. The zero-order valence-electron chi connectivity index (χ0n) is 15.2. The van der Waals surface area contributed by atoms with Crippen molar-refractivity contribution in [2.75, 3.05) is 32.8 Å². The first-order valence-electron chi connectivity index (χ1n) is 9.18. The van der Waals surface area contributed by atoms with Crippen LogP contribution in [0.5, 0.6) is 0 Å². The largest absolute Gasteiger partial charge is 0.378 e. The van der Waals surface area contributed by atoms with Gasteiger partial charge in [0.05, 0.1) is 30.9 Å². The van der Waals surface area contributed by atoms with Gasteiger partial charge in [-0.05, 0) is 24.1 Å². The summed E-state index contributed by atoms with van der Waals surface area (Å²) in [5, 5.41) is 0. The molecule has 6 heteroatoms. The number of ether oxygens (including phenoxy) is 1. The second kappa shape index (κ2) is 7.37. The first-order chi connectivity index (χ1) is 13.1. The molecule has 0 unspecified atom stereocenters. The Morgan fingerprint density at radius 1 is 1.04 bits per heavy atom. The normalized spacial score (nSPS) is 23.1. The monoisotopic (exact) mass is 372 g/mol. The number of fused-ring (bicyclic) bond motifs is 1. The van der Waals surface area contributed by atoms with Crippen molar-refractivity contribution in [3.05, 3.63) is 70.8 Å². The van der Waals surface area contributed by atoms with Crippen molar-refractivity contribution in [1.29, 1.82) is 0 Å². The number of aryl methyl sites for hydroxylation is 1. The lowest BCUT2D eigenvalue weighted by atomic mass is 9.99. The first-order valence-corrected chi connectivity index (χ1v) is 9.18. The van der Waals surface area contributed by atoms with Crippen LogP contribution in [0.25, 0.3) is 0 Å². The van der Waals surface area contributed by atoms with Gasteiger partial charge in [0.25, 0.3) is 5.91 Å². The summed E-state index contributed by atoms with van der Waals surface area (Å²) in [7, 11) is 0. The molecule has 2 atom stereocenters. The highest BCUT2D eigenvalue weighted by atomic mass is 19.2. The quantitative estimate of drug-likeness (QED) is 0.812. The number of rotatable bonds is 2. The molecule has 2 aromatic carbocycles. The lowest BCUT2D eigenvalue weighted by Gasteiger charge is -2.48. The Balaban J connectivity index is 1.52. The molecule has 2 aliphatic heterocycles. The second-order valence-corrected chi connectivity index (χ2v) is 7.16. The van der Waals surface area contributed by atoms with Crippen LogP contribution >= 0.6 is 0 Å². The second-order valence-electron chi connectivity index (χ2n) is 7.16. The fraction of sp³-hybridized carbons (Fsp3) is 0.381. The molecule has 0 saturated carbocycles. The van der Waals surface area contributed by atoms with Crippen LogP contribution in [-0.2, 0) is 4.74 Å². The van der Waals surface area contributed by atoms with Gasteiger partial charge in [-0.1, -0.05) is 36.4 Å². The fourth-order valence-corrected chi connectivity index (χ4v) is 3.97. The molecule has 0 aliphatic carbocycles. The summed E-state index contributed by atoms with van der Waals surface area (Å²) in [5.41, 5.74) is 1.18. The number of hydrogen-bond donors (Lipinski definition) is 0. The summed E-state index contributed by atoms with van der Waals surface area (Å²) in [4.78, 5) is 16.7. The van der Waals surface area contributed by atoms with Crippen molar-refractivity contribution in [3.8, 4) is 0 Å². The highest BCUT2D eigenvalue weighted by Gasteiger charge is 2.38. The molecule has 0 radical (unpaired) electrons. The molecule has 0 bridgehead atoms. The van der Waals surface area contributed by atoms with Gasteiger partial charge in [0.1, 0.15) is 0 Å². The molecule has 1 amide bonds. The Labute approximate surface area is 157 Å². The van der Waals surface area contributed by atoms with Crippen molar-refractivity contribution in [1.82, 2.24) is 9.80 Å². The molecule has 0 spiro atoms. The Hall–Kier alpha value is -2.31. The smallest absolute Gasteiger partial charge is 0.257 e. The third-order valence-electron chi connectivity index (χ3n) is 5.49. The van der Waals surface area contributed by atoms with Gasteiger partial charge in [0.15, 0.2) is 11.6 Å². The SMILES string of the molecule is Cc1ccc(C(=O)N2CCN3[C@@H](COC[C@@H]3c3ccccc3)C2)c(F)c1F. The Morgan fingerprint density at radius 2 is 1.81 bits per heavy atom. The van der Waals surface area contributed by atoms with Crippen LogP contribution in [0.15, 0.2) is 42.5 Å². The molecule has 4 rings (SSSR count). The Kier molecular flexibility index (Phi) is 4.93. The molecule has 2 fully saturated rings. The van der Waals surface area contributed by atoms with E-state index in [9.17, 15) is 13.6 Å². The highest BCUT2D eigenvalue weighted by Crippen LogP contribution is 2.30. The molecule has 27 heavy (non-hydrogen) atoms. The van der Waals surface area contributed by atoms with E-state index in [1.807, 2.05) is 18.2 Å². The van der Waals surface area contributed by atoms with Gasteiger partial charge in [0, 0.05) is 19.6 Å². The van der Waals surface area contributed by atoms with Gasteiger partial charge in [-0.25, -0.2) is 8.78 Å². The van der Waals surface area contributed by atoms with Gasteiger partial charge < -0.3 is 9.64 Å². The highest BCUT2D eigenvalue weighted by molar-refractivity contribution is 5.94. The van der Waals surface area contributed by atoms with E-state index in [0.29, 0.717) is 32.8 Å². The molecule has 2 saturated heterocycles. The van der Waals surface area contributed by atoms with Crippen molar-refractivity contribution in [2.45, 2.75) is 19.0 Å². The molecule has 2 heterocycles. The summed E-state index contributed by atoms with van der Waals surface area (Å²) < 4.78 is 33.9. The lowest BCUT2D eigenvalue weighted by molar-refractivity contribution is -0.0770. The number of carbonyl (C=O) groups excluding carboxylic acids is 1. The van der Waals surface area contributed by atoms with Crippen molar-refractivity contribution in [3.63, 3.8) is 0 Å². The van der Waals surface area contributed by atoms with Crippen LogP contribution in [0.3, 0.4) is 0 Å². The molecule has 0 aromatic heterocycles. The van der Waals surface area contributed by atoms with E-state index in [4.69, 9.17) is 4.74 Å². The summed E-state index contributed by atoms with van der Waals surface area (Å²) in [6.45, 7) is 4.22. The van der Waals surface area contributed by atoms with E-state index in [1.54, 1.807) is 4.90 Å². The molecule has 142 valence electrons. The van der Waals surface area contributed by atoms with Crippen molar-refractivity contribution < 1.29 is 18.3 Å². The molecular weight excluding hydrogens is 350 g/mol. The first kappa shape index (κ1) is 18.1. The van der Waals surface area contributed by atoms with E-state index in [1.165, 1.54) is 24.6 Å². The third kappa shape index (κ3) is 3.35. The Bertz CT molecular complexity index is 844. The maximum atomic E-state index is 14.2. The predicted molar refractivity (Wildman–Crippen MR) is 97.5 cm³/mol. The number of benzene rings is 2. The number of halogens is 2. The van der Waals surface area contributed by atoms with Gasteiger partial charge >= 0.3 is 0 Å². The van der Waals surface area contributed by atoms with Crippen LogP contribution in [0, 0.1) is 18.6 Å². The summed E-state index contributed by atoms with van der Waals surface area (Å²) in [6, 6.07) is 13.2. The summed E-state index contributed by atoms with van der Waals surface area (Å²) in [5.74, 6) is -2.48. The van der Waals surface area contributed by atoms with Crippen LogP contribution < -0.4 is 0 Å². The lowest BCUT2D eigenvalue weighted by Crippen LogP contribution is -2.60. The number of hydrogen-bond acceptors (Lipinski definition) is 3. The number of nitrogens with zero attached hydrogens (tertiary/aromatic N) is 2. The van der Waals surface area contributed by atoms with Crippen molar-refractivity contribution >= 4 is 5.91 Å². The predicted octanol–water partition coefficient (Wildman–Crippen LogP) is 3.17. The van der Waals surface area contributed by atoms with Gasteiger partial charge in [-0.15, -0.1) is 0 Å². The van der Waals surface area contributed by atoms with Crippen molar-refractivity contribution in [2.24, 2.45) is 0 Å². The van der Waals surface area contributed by atoms with Crippen LogP contribution in [0.4, 0.5) is 8.78 Å². The minimum absolute atomic E-state index is 0.0417. The minimum Gasteiger partial charge on any atom is -0.378 e. The zero-order chi connectivity index (χ0) is 19.0. The maximum absolute atomic E-state index is 14.2. The third-order valence-corrected chi connectivity index (χ3v) is 5.49. The fourth-order valence-electron chi connectivity index (χ4n) is 3.97. The van der Waals surface area contributed by atoms with Gasteiger partial charge in [0.2, 0.25) is 0 Å². The number of morpholine rings is 1. The van der Waals surface area contributed by atoms with Crippen LogP contribution in [-0.4, -0.2) is 54.6 Å². The number of carbonyl (C=O) groups is 1. The zero-order valence-corrected chi connectivity index (χ0v) is 15.2. The molecule has 2 aliphatic rings. The van der Waals surface area contributed by atoms with E-state index in [0.717, 1.165) is 0 Å². The van der Waals surface area contributed by atoms with Gasteiger partial charge in [-0.2, -0.15) is 0 Å². The van der Waals surface area contributed by atoms with E-state index in [-0.39, 0.29) is 23.2 Å².